The monoisotopic (exact) mass is 624 g/mol. The summed E-state index contributed by atoms with van der Waals surface area (Å²) >= 11 is 6.15. The summed E-state index contributed by atoms with van der Waals surface area (Å²) in [6, 6.07) is 20.6. The second-order valence-electron chi connectivity index (χ2n) is 11.3. The van der Waals surface area contributed by atoms with Gasteiger partial charge in [0.15, 0.2) is 0 Å². The zero-order valence-electron chi connectivity index (χ0n) is 24.8. The summed E-state index contributed by atoms with van der Waals surface area (Å²) in [6.07, 6.45) is 5.46. The minimum absolute atomic E-state index is 0.0614. The van der Waals surface area contributed by atoms with Crippen LogP contribution in [0, 0.1) is 11.8 Å². The first kappa shape index (κ1) is 30.3. The Bertz CT molecular complexity index is 1750. The van der Waals surface area contributed by atoms with Crippen LogP contribution in [0.2, 0.25) is 5.02 Å². The van der Waals surface area contributed by atoms with Crippen LogP contribution in [0.3, 0.4) is 0 Å². The van der Waals surface area contributed by atoms with E-state index in [2.05, 4.69) is 22.3 Å². The molecule has 1 saturated heterocycles. The fraction of sp³-hybridized carbons (Fsp3) is 0.286. The molecule has 0 radical (unpaired) electrons. The van der Waals surface area contributed by atoms with Crippen LogP contribution in [-0.4, -0.2) is 50.2 Å². The molecule has 230 valence electrons. The van der Waals surface area contributed by atoms with Gasteiger partial charge in [-0.2, -0.15) is 5.10 Å². The molecule has 0 bridgehead atoms. The summed E-state index contributed by atoms with van der Waals surface area (Å²) in [5, 5.41) is 18.2. The van der Waals surface area contributed by atoms with Gasteiger partial charge in [0, 0.05) is 35.1 Å². The Morgan fingerprint density at radius 1 is 1.07 bits per heavy atom. The quantitative estimate of drug-likeness (QED) is 0.246. The van der Waals surface area contributed by atoms with Gasteiger partial charge in [-0.3, -0.25) is 14.4 Å². The van der Waals surface area contributed by atoms with E-state index in [0.717, 1.165) is 30.4 Å². The SMILES string of the molecule is Cn1cc(C#Cc2ccc(NC(=O)[C@@H]3COC4(CCCCC4)N3C(=O)OCc3ccccc3)cc2)c(-c2cc(Cl)ccc2O)n1. The normalized spacial score (nSPS) is 17.0. The number of rotatable bonds is 5. The predicted octanol–water partition coefficient (Wildman–Crippen LogP) is 6.48. The number of benzene rings is 3. The van der Waals surface area contributed by atoms with Crippen molar-refractivity contribution in [3.8, 4) is 28.8 Å². The van der Waals surface area contributed by atoms with Gasteiger partial charge in [0.25, 0.3) is 0 Å². The highest BCUT2D eigenvalue weighted by Crippen LogP contribution is 2.41. The lowest BCUT2D eigenvalue weighted by molar-refractivity contribution is -0.124. The number of amides is 2. The van der Waals surface area contributed by atoms with Crippen molar-refractivity contribution in [2.45, 2.75) is 50.5 Å². The molecular formula is C35H33ClN4O5. The van der Waals surface area contributed by atoms with Crippen molar-refractivity contribution in [1.82, 2.24) is 14.7 Å². The summed E-state index contributed by atoms with van der Waals surface area (Å²) < 4.78 is 13.5. The molecule has 1 aliphatic carbocycles. The summed E-state index contributed by atoms with van der Waals surface area (Å²) in [5.74, 6) is 5.97. The molecule has 2 heterocycles. The van der Waals surface area contributed by atoms with Crippen LogP contribution in [-0.2, 0) is 27.9 Å². The van der Waals surface area contributed by atoms with Gasteiger partial charge in [-0.15, -0.1) is 0 Å². The number of phenols is 1. The zero-order chi connectivity index (χ0) is 31.4. The van der Waals surface area contributed by atoms with Crippen molar-refractivity contribution in [3.63, 3.8) is 0 Å². The van der Waals surface area contributed by atoms with E-state index < -0.39 is 17.9 Å². The Labute approximate surface area is 266 Å². The summed E-state index contributed by atoms with van der Waals surface area (Å²) in [5.41, 5.74) is 2.97. The second-order valence-corrected chi connectivity index (χ2v) is 11.7. The number of hydrogen-bond donors (Lipinski definition) is 2. The van der Waals surface area contributed by atoms with Crippen molar-refractivity contribution < 1.29 is 24.2 Å². The van der Waals surface area contributed by atoms with E-state index in [0.29, 0.717) is 40.4 Å². The smallest absolute Gasteiger partial charge is 0.413 e. The van der Waals surface area contributed by atoms with E-state index in [1.165, 1.54) is 11.0 Å². The Balaban J connectivity index is 1.16. The lowest BCUT2D eigenvalue weighted by Gasteiger charge is -2.40. The highest BCUT2D eigenvalue weighted by atomic mass is 35.5. The molecule has 1 aliphatic heterocycles. The molecule has 1 atom stereocenters. The van der Waals surface area contributed by atoms with Gasteiger partial charge < -0.3 is 19.9 Å². The van der Waals surface area contributed by atoms with Gasteiger partial charge in [-0.25, -0.2) is 4.79 Å². The Morgan fingerprint density at radius 3 is 2.58 bits per heavy atom. The van der Waals surface area contributed by atoms with Crippen LogP contribution in [0.25, 0.3) is 11.3 Å². The number of ether oxygens (including phenoxy) is 2. The Morgan fingerprint density at radius 2 is 1.82 bits per heavy atom. The Kier molecular flexibility index (Phi) is 8.78. The molecule has 2 aliphatic rings. The number of aromatic nitrogens is 2. The highest BCUT2D eigenvalue weighted by molar-refractivity contribution is 6.31. The molecule has 6 rings (SSSR count). The lowest BCUT2D eigenvalue weighted by Crippen LogP contribution is -2.55. The number of anilines is 1. The average Bonchev–Trinajstić information content (AvgIpc) is 3.61. The maximum absolute atomic E-state index is 13.5. The number of nitrogens with zero attached hydrogens (tertiary/aromatic N) is 3. The molecule has 2 N–H and O–H groups in total. The molecule has 1 saturated carbocycles. The van der Waals surface area contributed by atoms with E-state index >= 15 is 0 Å². The van der Waals surface area contributed by atoms with Gasteiger partial charge in [0.2, 0.25) is 5.91 Å². The number of nitrogens with one attached hydrogen (secondary N) is 1. The molecule has 4 aromatic rings. The van der Waals surface area contributed by atoms with Gasteiger partial charge >= 0.3 is 6.09 Å². The molecule has 1 spiro atoms. The van der Waals surface area contributed by atoms with Crippen LogP contribution in [0.15, 0.2) is 79.0 Å². The van der Waals surface area contributed by atoms with E-state index in [1.807, 2.05) is 30.3 Å². The maximum Gasteiger partial charge on any atom is 0.413 e. The third-order valence-corrected chi connectivity index (χ3v) is 8.37. The molecule has 1 aromatic heterocycles. The number of halogens is 1. The largest absolute Gasteiger partial charge is 0.507 e. The summed E-state index contributed by atoms with van der Waals surface area (Å²) in [7, 11) is 1.78. The number of phenolic OH excluding ortho intramolecular Hbond substituents is 1. The highest BCUT2D eigenvalue weighted by Gasteiger charge is 2.53. The van der Waals surface area contributed by atoms with E-state index in [9.17, 15) is 14.7 Å². The first-order valence-corrected chi connectivity index (χ1v) is 15.3. The van der Waals surface area contributed by atoms with E-state index in [1.54, 1.807) is 54.3 Å². The zero-order valence-corrected chi connectivity index (χ0v) is 25.6. The third kappa shape index (κ3) is 6.68. The summed E-state index contributed by atoms with van der Waals surface area (Å²) in [6.45, 7) is 0.218. The fourth-order valence-electron chi connectivity index (χ4n) is 5.91. The molecule has 9 nitrogen and oxygen atoms in total. The van der Waals surface area contributed by atoms with Gasteiger partial charge in [-0.05, 0) is 73.7 Å². The maximum atomic E-state index is 13.5. The fourth-order valence-corrected chi connectivity index (χ4v) is 6.08. The molecule has 2 fully saturated rings. The van der Waals surface area contributed by atoms with Crippen molar-refractivity contribution in [2.75, 3.05) is 11.9 Å². The molecular weight excluding hydrogens is 592 g/mol. The first-order valence-electron chi connectivity index (χ1n) is 14.9. The molecule has 45 heavy (non-hydrogen) atoms. The molecule has 3 aromatic carbocycles. The van der Waals surface area contributed by atoms with E-state index in [4.69, 9.17) is 21.1 Å². The van der Waals surface area contributed by atoms with Crippen molar-refractivity contribution in [2.24, 2.45) is 7.05 Å². The lowest BCUT2D eigenvalue weighted by atomic mass is 9.90. The molecule has 0 unspecified atom stereocenters. The van der Waals surface area contributed by atoms with Crippen LogP contribution in [0.5, 0.6) is 5.75 Å². The first-order chi connectivity index (χ1) is 21.8. The standard InChI is InChI=1S/C35H33ClN4O5/c1-39-21-26(32(38-39)29-20-27(36)14-17-31(29)41)13-10-24-11-15-28(16-12-24)37-33(42)30-23-45-35(18-6-3-7-19-35)40(30)34(43)44-22-25-8-4-2-5-9-25/h2,4-5,8-9,11-12,14-17,20-21,30,41H,3,6-7,18-19,22-23H2,1H3,(H,37,42)/t30-/m0/s1. The minimum atomic E-state index is -0.833. The number of carbonyl (C=O) groups excluding carboxylic acids is 2. The molecule has 10 heteroatoms. The summed E-state index contributed by atoms with van der Waals surface area (Å²) in [4.78, 5) is 28.5. The second kappa shape index (κ2) is 13.1. The van der Waals surface area contributed by atoms with E-state index in [-0.39, 0.29) is 24.9 Å². The number of hydrogen-bond acceptors (Lipinski definition) is 6. The van der Waals surface area contributed by atoms with Crippen molar-refractivity contribution in [1.29, 1.82) is 0 Å². The topological polar surface area (TPSA) is 106 Å². The van der Waals surface area contributed by atoms with Gasteiger partial charge in [0.05, 0.1) is 12.2 Å². The van der Waals surface area contributed by atoms with Crippen LogP contribution in [0.4, 0.5) is 10.5 Å². The molecule has 2 amide bonds. The van der Waals surface area contributed by atoms with Gasteiger partial charge in [-0.1, -0.05) is 60.2 Å². The van der Waals surface area contributed by atoms with Crippen LogP contribution in [0.1, 0.15) is 48.8 Å². The third-order valence-electron chi connectivity index (χ3n) is 8.14. The van der Waals surface area contributed by atoms with Crippen LogP contribution >= 0.6 is 11.6 Å². The minimum Gasteiger partial charge on any atom is -0.507 e. The van der Waals surface area contributed by atoms with Gasteiger partial charge in [0.1, 0.15) is 29.8 Å². The van der Waals surface area contributed by atoms with Crippen molar-refractivity contribution >= 4 is 29.3 Å². The number of aryl methyl sites for hydroxylation is 1. The number of aromatic hydroxyl groups is 1. The average molecular weight is 625 g/mol. The Hall–Kier alpha value is -4.78. The van der Waals surface area contributed by atoms with Crippen LogP contribution < -0.4 is 5.32 Å². The number of carbonyl (C=O) groups is 2. The van der Waals surface area contributed by atoms with Crippen molar-refractivity contribution in [3.05, 3.63) is 101 Å². The predicted molar refractivity (Wildman–Crippen MR) is 170 cm³/mol.